The minimum Gasteiger partial charge on any atom is -0.394 e. The summed E-state index contributed by atoms with van der Waals surface area (Å²) in [5.74, 6) is 1.36. The number of rotatable bonds is 4. The molecular formula is C14H26N4S. The summed E-state index contributed by atoms with van der Waals surface area (Å²) in [6.07, 6.45) is 7.32. The fourth-order valence-corrected chi connectivity index (χ4v) is 3.67. The standard InChI is InChI=1S/C14H26N4S/c1-9(2)13-12(15)14(18(3)17-13)16-10-6-5-7-11(8-10)19-4/h9-11,16H,5-8,15H2,1-4H3. The first-order chi connectivity index (χ1) is 9.02. The van der Waals surface area contributed by atoms with Crippen LogP contribution in [0.4, 0.5) is 11.5 Å². The van der Waals surface area contributed by atoms with Crippen molar-refractivity contribution in [3.05, 3.63) is 5.69 Å². The van der Waals surface area contributed by atoms with Crippen LogP contribution >= 0.6 is 11.8 Å². The second-order valence-corrected chi connectivity index (χ2v) is 6.93. The fourth-order valence-electron chi connectivity index (χ4n) is 2.84. The second-order valence-electron chi connectivity index (χ2n) is 5.79. The van der Waals surface area contributed by atoms with E-state index in [0.717, 1.165) is 22.4 Å². The van der Waals surface area contributed by atoms with E-state index in [1.807, 2.05) is 23.5 Å². The second kappa shape index (κ2) is 6.07. The minimum absolute atomic E-state index is 0.368. The Bertz CT molecular complexity index is 427. The maximum Gasteiger partial charge on any atom is 0.148 e. The van der Waals surface area contributed by atoms with Gasteiger partial charge in [-0.25, -0.2) is 0 Å². The van der Waals surface area contributed by atoms with Crippen LogP contribution in [-0.4, -0.2) is 27.3 Å². The Kier molecular flexibility index (Phi) is 4.66. The van der Waals surface area contributed by atoms with Crippen LogP contribution in [0, 0.1) is 0 Å². The third-order valence-corrected chi connectivity index (χ3v) is 5.05. The number of thioether (sulfide) groups is 1. The number of aromatic nitrogens is 2. The van der Waals surface area contributed by atoms with Gasteiger partial charge in [0.25, 0.3) is 0 Å². The van der Waals surface area contributed by atoms with E-state index < -0.39 is 0 Å². The molecule has 0 aliphatic heterocycles. The predicted octanol–water partition coefficient (Wildman–Crippen LogP) is 3.21. The van der Waals surface area contributed by atoms with Crippen molar-refractivity contribution in [2.24, 2.45) is 7.05 Å². The first kappa shape index (κ1) is 14.6. The van der Waals surface area contributed by atoms with Gasteiger partial charge in [-0.3, -0.25) is 4.68 Å². The molecule has 19 heavy (non-hydrogen) atoms. The lowest BCUT2D eigenvalue weighted by Gasteiger charge is -2.29. The van der Waals surface area contributed by atoms with Gasteiger partial charge in [-0.15, -0.1) is 0 Å². The molecule has 1 aromatic heterocycles. The first-order valence-corrected chi connectivity index (χ1v) is 8.43. The molecule has 0 saturated heterocycles. The molecule has 0 amide bonds. The Morgan fingerprint density at radius 3 is 2.74 bits per heavy atom. The molecule has 0 aromatic carbocycles. The van der Waals surface area contributed by atoms with Crippen molar-refractivity contribution >= 4 is 23.3 Å². The Labute approximate surface area is 120 Å². The summed E-state index contributed by atoms with van der Waals surface area (Å²) in [6, 6.07) is 0.531. The van der Waals surface area contributed by atoms with Crippen LogP contribution in [0.5, 0.6) is 0 Å². The van der Waals surface area contributed by atoms with Crippen molar-refractivity contribution in [2.75, 3.05) is 17.3 Å². The molecule has 4 nitrogen and oxygen atoms in total. The van der Waals surface area contributed by atoms with E-state index in [4.69, 9.17) is 5.73 Å². The number of hydrogen-bond acceptors (Lipinski definition) is 4. The van der Waals surface area contributed by atoms with Gasteiger partial charge in [0.05, 0.1) is 11.4 Å². The van der Waals surface area contributed by atoms with Crippen molar-refractivity contribution in [3.63, 3.8) is 0 Å². The van der Waals surface area contributed by atoms with Gasteiger partial charge in [0.2, 0.25) is 0 Å². The van der Waals surface area contributed by atoms with Gasteiger partial charge in [-0.05, 0) is 31.4 Å². The molecule has 0 radical (unpaired) electrons. The van der Waals surface area contributed by atoms with Crippen molar-refractivity contribution < 1.29 is 0 Å². The highest BCUT2D eigenvalue weighted by Crippen LogP contribution is 2.32. The Morgan fingerprint density at radius 1 is 1.42 bits per heavy atom. The first-order valence-electron chi connectivity index (χ1n) is 7.14. The summed E-state index contributed by atoms with van der Waals surface area (Å²) in [6.45, 7) is 4.26. The zero-order chi connectivity index (χ0) is 14.0. The molecule has 1 saturated carbocycles. The third-order valence-electron chi connectivity index (χ3n) is 3.96. The van der Waals surface area contributed by atoms with E-state index in [-0.39, 0.29) is 0 Å². The average Bonchev–Trinajstić information content (AvgIpc) is 2.67. The summed E-state index contributed by atoms with van der Waals surface area (Å²) in [5.41, 5.74) is 8.06. The van der Waals surface area contributed by atoms with E-state index in [1.165, 1.54) is 25.7 Å². The highest BCUT2D eigenvalue weighted by Gasteiger charge is 2.24. The van der Waals surface area contributed by atoms with E-state index in [9.17, 15) is 0 Å². The summed E-state index contributed by atoms with van der Waals surface area (Å²) in [7, 11) is 1.97. The maximum absolute atomic E-state index is 6.24. The lowest BCUT2D eigenvalue weighted by Crippen LogP contribution is -2.29. The smallest absolute Gasteiger partial charge is 0.148 e. The van der Waals surface area contributed by atoms with Crippen LogP contribution < -0.4 is 11.1 Å². The molecular weight excluding hydrogens is 256 g/mol. The molecule has 5 heteroatoms. The van der Waals surface area contributed by atoms with Gasteiger partial charge < -0.3 is 11.1 Å². The number of aryl methyl sites for hydroxylation is 1. The van der Waals surface area contributed by atoms with E-state index in [2.05, 4.69) is 30.5 Å². The van der Waals surface area contributed by atoms with Crippen LogP contribution in [0.1, 0.15) is 51.1 Å². The SMILES string of the molecule is CSC1CCCC(Nc2c(N)c(C(C)C)nn2C)C1. The van der Waals surface area contributed by atoms with E-state index in [1.54, 1.807) is 0 Å². The Balaban J connectivity index is 2.10. The summed E-state index contributed by atoms with van der Waals surface area (Å²) in [5, 5.41) is 8.94. The molecule has 1 aliphatic carbocycles. The number of nitrogens with one attached hydrogen (secondary N) is 1. The summed E-state index contributed by atoms with van der Waals surface area (Å²) >= 11 is 1.98. The molecule has 0 bridgehead atoms. The molecule has 2 rings (SSSR count). The lowest BCUT2D eigenvalue weighted by molar-refractivity contribution is 0.471. The zero-order valence-corrected chi connectivity index (χ0v) is 13.3. The molecule has 1 aromatic rings. The number of hydrogen-bond donors (Lipinski definition) is 2. The molecule has 1 fully saturated rings. The zero-order valence-electron chi connectivity index (χ0n) is 12.4. The third kappa shape index (κ3) is 3.19. The van der Waals surface area contributed by atoms with E-state index >= 15 is 0 Å². The van der Waals surface area contributed by atoms with Crippen molar-refractivity contribution in [1.82, 2.24) is 9.78 Å². The van der Waals surface area contributed by atoms with Gasteiger partial charge in [-0.1, -0.05) is 20.3 Å². The molecule has 108 valence electrons. The van der Waals surface area contributed by atoms with Crippen molar-refractivity contribution in [1.29, 1.82) is 0 Å². The van der Waals surface area contributed by atoms with Crippen molar-refractivity contribution in [2.45, 2.75) is 56.7 Å². The van der Waals surface area contributed by atoms with Crippen LogP contribution in [0.25, 0.3) is 0 Å². The number of anilines is 2. The molecule has 2 unspecified atom stereocenters. The van der Waals surface area contributed by atoms with Crippen LogP contribution in [-0.2, 0) is 7.05 Å². The molecule has 2 atom stereocenters. The quantitative estimate of drug-likeness (QED) is 0.890. The van der Waals surface area contributed by atoms with Gasteiger partial charge in [0.1, 0.15) is 5.82 Å². The number of nitrogens with two attached hydrogens (primary N) is 1. The number of nitrogens with zero attached hydrogens (tertiary/aromatic N) is 2. The highest BCUT2D eigenvalue weighted by atomic mass is 32.2. The van der Waals surface area contributed by atoms with Crippen LogP contribution in [0.15, 0.2) is 0 Å². The van der Waals surface area contributed by atoms with Gasteiger partial charge in [-0.2, -0.15) is 16.9 Å². The molecule has 3 N–H and O–H groups in total. The highest BCUT2D eigenvalue weighted by molar-refractivity contribution is 7.99. The van der Waals surface area contributed by atoms with E-state index in [0.29, 0.717) is 12.0 Å². The van der Waals surface area contributed by atoms with Gasteiger partial charge in [0.15, 0.2) is 0 Å². The van der Waals surface area contributed by atoms with Crippen molar-refractivity contribution in [3.8, 4) is 0 Å². The number of nitrogen functional groups attached to an aromatic ring is 1. The molecule has 0 spiro atoms. The lowest BCUT2D eigenvalue weighted by atomic mass is 9.95. The Hall–Kier alpha value is -0.840. The van der Waals surface area contributed by atoms with Gasteiger partial charge in [0, 0.05) is 18.3 Å². The average molecular weight is 282 g/mol. The minimum atomic E-state index is 0.368. The maximum atomic E-state index is 6.24. The Morgan fingerprint density at radius 2 is 2.16 bits per heavy atom. The summed E-state index contributed by atoms with van der Waals surface area (Å²) < 4.78 is 1.90. The molecule has 1 aliphatic rings. The van der Waals surface area contributed by atoms with Gasteiger partial charge >= 0.3 is 0 Å². The predicted molar refractivity (Wildman–Crippen MR) is 84.9 cm³/mol. The fraction of sp³-hybridized carbons (Fsp3) is 0.786. The normalized spacial score (nSPS) is 23.8. The topological polar surface area (TPSA) is 55.9 Å². The monoisotopic (exact) mass is 282 g/mol. The van der Waals surface area contributed by atoms with Crippen LogP contribution in [0.3, 0.4) is 0 Å². The largest absolute Gasteiger partial charge is 0.394 e. The molecule has 1 heterocycles. The van der Waals surface area contributed by atoms with Crippen LogP contribution in [0.2, 0.25) is 0 Å². The summed E-state index contributed by atoms with van der Waals surface area (Å²) in [4.78, 5) is 0.